The van der Waals surface area contributed by atoms with E-state index in [0.717, 1.165) is 18.4 Å². The van der Waals surface area contributed by atoms with Gasteiger partial charge >= 0.3 is 0 Å². The number of benzene rings is 1. The summed E-state index contributed by atoms with van der Waals surface area (Å²) in [5, 5.41) is 22.9. The fourth-order valence-electron chi connectivity index (χ4n) is 1.92. The average molecular weight is 247 g/mol. The lowest BCUT2D eigenvalue weighted by Crippen LogP contribution is -2.27. The van der Waals surface area contributed by atoms with Crippen LogP contribution in [0.2, 0.25) is 0 Å². The number of nitro benzene ring substituents is 1. The molecule has 0 aliphatic rings. The minimum Gasteiger partial charge on any atom is -0.317 e. The molecule has 1 rings (SSSR count). The molecule has 0 saturated heterocycles. The molecule has 0 aromatic heterocycles. The van der Waals surface area contributed by atoms with Gasteiger partial charge in [0.1, 0.15) is 0 Å². The minimum atomic E-state index is -0.480. The molecule has 1 aromatic carbocycles. The molecule has 0 amide bonds. The normalized spacial score (nSPS) is 11.8. The van der Waals surface area contributed by atoms with Crippen LogP contribution in [0.1, 0.15) is 30.9 Å². The molecule has 1 N–H and O–H groups in total. The van der Waals surface area contributed by atoms with Crippen LogP contribution in [-0.2, 0) is 6.42 Å². The van der Waals surface area contributed by atoms with Gasteiger partial charge in [-0.15, -0.1) is 0 Å². The first-order valence-electron chi connectivity index (χ1n) is 5.97. The molecule has 18 heavy (non-hydrogen) atoms. The third kappa shape index (κ3) is 3.54. The van der Waals surface area contributed by atoms with Crippen LogP contribution in [0.3, 0.4) is 0 Å². The fourth-order valence-corrected chi connectivity index (χ4v) is 1.92. The van der Waals surface area contributed by atoms with E-state index >= 15 is 0 Å². The van der Waals surface area contributed by atoms with Crippen molar-refractivity contribution < 1.29 is 4.92 Å². The number of nitro groups is 1. The van der Waals surface area contributed by atoms with Gasteiger partial charge in [-0.2, -0.15) is 5.26 Å². The van der Waals surface area contributed by atoms with E-state index in [4.69, 9.17) is 5.26 Å². The number of hydrogen-bond donors (Lipinski definition) is 1. The van der Waals surface area contributed by atoms with E-state index in [1.54, 1.807) is 6.07 Å². The third-order valence-electron chi connectivity index (χ3n) is 2.94. The summed E-state index contributed by atoms with van der Waals surface area (Å²) in [5.74, 6) is 0. The van der Waals surface area contributed by atoms with E-state index in [9.17, 15) is 10.1 Å². The summed E-state index contributed by atoms with van der Waals surface area (Å²) in [6.07, 6.45) is 2.78. The summed E-state index contributed by atoms with van der Waals surface area (Å²) in [6.45, 7) is 2.10. The summed E-state index contributed by atoms with van der Waals surface area (Å²) in [6, 6.07) is 6.80. The monoisotopic (exact) mass is 247 g/mol. The molecule has 0 aliphatic heterocycles. The maximum atomic E-state index is 10.6. The Morgan fingerprint density at radius 3 is 2.78 bits per heavy atom. The van der Waals surface area contributed by atoms with Crippen molar-refractivity contribution in [3.8, 4) is 6.07 Å². The van der Waals surface area contributed by atoms with E-state index in [-0.39, 0.29) is 5.69 Å². The molecule has 0 radical (unpaired) electrons. The van der Waals surface area contributed by atoms with Crippen LogP contribution in [0, 0.1) is 21.4 Å². The molecule has 1 atom stereocenters. The first-order chi connectivity index (χ1) is 8.62. The number of likely N-dealkylation sites (N-methyl/N-ethyl adjacent to an activating group) is 1. The molecular formula is C13H17N3O2. The molecule has 0 fully saturated rings. The Morgan fingerprint density at radius 1 is 1.56 bits per heavy atom. The molecule has 5 heteroatoms. The molecule has 5 nitrogen and oxygen atoms in total. The predicted molar refractivity (Wildman–Crippen MR) is 69.3 cm³/mol. The van der Waals surface area contributed by atoms with Crippen LogP contribution in [0.15, 0.2) is 18.2 Å². The van der Waals surface area contributed by atoms with E-state index in [0.29, 0.717) is 18.0 Å². The van der Waals surface area contributed by atoms with Gasteiger partial charge in [0.05, 0.1) is 16.6 Å². The van der Waals surface area contributed by atoms with Crippen LogP contribution in [0.5, 0.6) is 0 Å². The van der Waals surface area contributed by atoms with Crippen LogP contribution < -0.4 is 5.32 Å². The van der Waals surface area contributed by atoms with Gasteiger partial charge in [-0.3, -0.25) is 10.1 Å². The Bertz CT molecular complexity index is 466. The second kappa shape index (κ2) is 6.72. The van der Waals surface area contributed by atoms with Gasteiger partial charge < -0.3 is 5.32 Å². The van der Waals surface area contributed by atoms with Crippen molar-refractivity contribution in [2.75, 3.05) is 7.05 Å². The first-order valence-corrected chi connectivity index (χ1v) is 5.97. The molecule has 0 saturated carbocycles. The van der Waals surface area contributed by atoms with Crippen LogP contribution in [0.25, 0.3) is 0 Å². The smallest absolute Gasteiger partial charge is 0.270 e. The maximum Gasteiger partial charge on any atom is 0.270 e. The molecule has 0 bridgehead atoms. The maximum absolute atomic E-state index is 10.6. The van der Waals surface area contributed by atoms with Crippen LogP contribution in [0.4, 0.5) is 5.69 Å². The summed E-state index contributed by atoms with van der Waals surface area (Å²) in [7, 11) is 1.89. The highest BCUT2D eigenvalue weighted by atomic mass is 16.6. The minimum absolute atomic E-state index is 0.0354. The fraction of sp³-hybridized carbons (Fsp3) is 0.462. The van der Waals surface area contributed by atoms with Crippen molar-refractivity contribution in [1.82, 2.24) is 5.32 Å². The Hall–Kier alpha value is -1.93. The van der Waals surface area contributed by atoms with E-state index < -0.39 is 4.92 Å². The number of rotatable bonds is 6. The van der Waals surface area contributed by atoms with E-state index in [2.05, 4.69) is 12.2 Å². The van der Waals surface area contributed by atoms with Crippen molar-refractivity contribution in [3.63, 3.8) is 0 Å². The van der Waals surface area contributed by atoms with Gasteiger partial charge in [-0.05, 0) is 25.5 Å². The number of nitriles is 1. The highest BCUT2D eigenvalue weighted by Gasteiger charge is 2.13. The lowest BCUT2D eigenvalue weighted by Gasteiger charge is -2.15. The SMILES string of the molecule is CCCC(Cc1ccc([N+](=O)[O-])cc1C#N)NC. The lowest BCUT2D eigenvalue weighted by atomic mass is 9.98. The molecule has 0 aliphatic carbocycles. The van der Waals surface area contributed by atoms with Crippen LogP contribution >= 0.6 is 0 Å². The molecule has 0 heterocycles. The molecule has 0 spiro atoms. The van der Waals surface area contributed by atoms with Gasteiger partial charge in [0.2, 0.25) is 0 Å². The van der Waals surface area contributed by atoms with Crippen molar-refractivity contribution in [1.29, 1.82) is 5.26 Å². The number of nitrogens with zero attached hydrogens (tertiary/aromatic N) is 2. The van der Waals surface area contributed by atoms with Gasteiger partial charge in [0.25, 0.3) is 5.69 Å². The van der Waals surface area contributed by atoms with E-state index in [1.165, 1.54) is 12.1 Å². The van der Waals surface area contributed by atoms with Gasteiger partial charge in [0, 0.05) is 18.2 Å². The third-order valence-corrected chi connectivity index (χ3v) is 2.94. The zero-order valence-corrected chi connectivity index (χ0v) is 10.6. The molecule has 96 valence electrons. The summed E-state index contributed by atoms with van der Waals surface area (Å²) >= 11 is 0. The highest BCUT2D eigenvalue weighted by Crippen LogP contribution is 2.19. The van der Waals surface area contributed by atoms with Gasteiger partial charge in [-0.25, -0.2) is 0 Å². The summed E-state index contributed by atoms with van der Waals surface area (Å²) in [5.41, 5.74) is 1.21. The standard InChI is InChI=1S/C13H17N3O2/c1-3-4-12(15-2)7-10-5-6-13(16(17)18)8-11(10)9-14/h5-6,8,12,15H,3-4,7H2,1-2H3. The Kier molecular flexibility index (Phi) is 5.28. The summed E-state index contributed by atoms with van der Waals surface area (Å²) < 4.78 is 0. The number of hydrogen-bond acceptors (Lipinski definition) is 4. The number of nitrogens with one attached hydrogen (secondary N) is 1. The largest absolute Gasteiger partial charge is 0.317 e. The average Bonchev–Trinajstić information content (AvgIpc) is 2.38. The summed E-state index contributed by atoms with van der Waals surface area (Å²) in [4.78, 5) is 10.2. The zero-order valence-electron chi connectivity index (χ0n) is 10.6. The van der Waals surface area contributed by atoms with Crippen molar-refractivity contribution in [2.45, 2.75) is 32.2 Å². The van der Waals surface area contributed by atoms with Crippen LogP contribution in [-0.4, -0.2) is 18.0 Å². The molecule has 1 aromatic rings. The highest BCUT2D eigenvalue weighted by molar-refractivity contribution is 5.46. The predicted octanol–water partition coefficient (Wildman–Crippen LogP) is 2.40. The van der Waals surface area contributed by atoms with Crippen molar-refractivity contribution >= 4 is 5.69 Å². The second-order valence-corrected chi connectivity index (χ2v) is 4.19. The molecular weight excluding hydrogens is 230 g/mol. The zero-order chi connectivity index (χ0) is 13.5. The van der Waals surface area contributed by atoms with Gasteiger partial charge in [0.15, 0.2) is 0 Å². The Labute approximate surface area is 107 Å². The lowest BCUT2D eigenvalue weighted by molar-refractivity contribution is -0.384. The van der Waals surface area contributed by atoms with Crippen molar-refractivity contribution in [2.24, 2.45) is 0 Å². The topological polar surface area (TPSA) is 79.0 Å². The first kappa shape index (κ1) is 14.1. The number of non-ortho nitro benzene ring substituents is 1. The Morgan fingerprint density at radius 2 is 2.28 bits per heavy atom. The second-order valence-electron chi connectivity index (χ2n) is 4.19. The quantitative estimate of drug-likeness (QED) is 0.618. The Balaban J connectivity index is 2.96. The van der Waals surface area contributed by atoms with Crippen molar-refractivity contribution in [3.05, 3.63) is 39.4 Å². The van der Waals surface area contributed by atoms with E-state index in [1.807, 2.05) is 13.1 Å². The van der Waals surface area contributed by atoms with Gasteiger partial charge in [-0.1, -0.05) is 19.4 Å². The molecule has 1 unspecified atom stereocenters.